The molecule has 0 fully saturated rings. The molecule has 3 aromatic carbocycles. The van der Waals surface area contributed by atoms with E-state index < -0.39 is 6.10 Å². The van der Waals surface area contributed by atoms with Crippen LogP contribution < -0.4 is 0 Å². The fourth-order valence-electron chi connectivity index (χ4n) is 4.07. The lowest BCUT2D eigenvalue weighted by atomic mass is 9.92. The van der Waals surface area contributed by atoms with Crippen LogP contribution in [0.3, 0.4) is 0 Å². The number of phenolic OH excluding ortho intramolecular Hbond substituents is 1. The molecule has 0 saturated carbocycles. The topological polar surface area (TPSA) is 58.9 Å². The van der Waals surface area contributed by atoms with Gasteiger partial charge in [-0.15, -0.1) is 0 Å². The van der Waals surface area contributed by atoms with Gasteiger partial charge in [-0.3, -0.25) is 0 Å². The van der Waals surface area contributed by atoms with E-state index in [2.05, 4.69) is 45.9 Å². The highest BCUT2D eigenvalue weighted by molar-refractivity contribution is 7.26. The van der Waals surface area contributed by atoms with Gasteiger partial charge < -0.3 is 19.3 Å². The molecule has 0 aliphatic heterocycles. The van der Waals surface area contributed by atoms with E-state index in [0.29, 0.717) is 30.4 Å². The van der Waals surface area contributed by atoms with Gasteiger partial charge in [-0.2, -0.15) is 0 Å². The maximum Gasteiger partial charge on any atom is 0.155 e. The molecule has 0 spiro atoms. The number of rotatable bonds is 11. The van der Waals surface area contributed by atoms with Crippen LogP contribution in [-0.4, -0.2) is 16.8 Å². The molecule has 0 radical (unpaired) electrons. The number of aromatic hydroxyl groups is 1. The number of benzene rings is 3. The van der Waals surface area contributed by atoms with Crippen molar-refractivity contribution in [3.8, 4) is 5.75 Å². The van der Waals surface area contributed by atoms with Crippen molar-refractivity contribution >= 4 is 20.6 Å². The third-order valence-corrected chi connectivity index (χ3v) is 6.75. The van der Waals surface area contributed by atoms with Gasteiger partial charge in [0.15, 0.2) is 9.03 Å². The number of halogens is 1. The Bertz CT molecular complexity index is 1080. The molecule has 0 heterocycles. The van der Waals surface area contributed by atoms with Gasteiger partial charge in [0.25, 0.3) is 0 Å². The van der Waals surface area contributed by atoms with E-state index in [0.717, 1.165) is 23.1 Å². The summed E-state index contributed by atoms with van der Waals surface area (Å²) >= 11 is 5.98. The second-order valence-electron chi connectivity index (χ2n) is 9.01. The SMILES string of the molecule is Cc1cc(COPOCCC(O)c2cccc(Cl)c2)cc(C)c1Cc1ccc(O)c(C(C)C)c1. The van der Waals surface area contributed by atoms with Gasteiger partial charge in [0.2, 0.25) is 0 Å². The van der Waals surface area contributed by atoms with Crippen LogP contribution in [0.4, 0.5) is 0 Å². The zero-order valence-corrected chi connectivity index (χ0v) is 22.0. The van der Waals surface area contributed by atoms with E-state index in [1.807, 2.05) is 18.2 Å². The molecule has 2 N–H and O–H groups in total. The summed E-state index contributed by atoms with van der Waals surface area (Å²) in [6, 6.07) is 17.5. The van der Waals surface area contributed by atoms with Crippen molar-refractivity contribution in [2.45, 2.75) is 59.2 Å². The second-order valence-corrected chi connectivity index (χ2v) is 10.2. The van der Waals surface area contributed by atoms with E-state index in [1.54, 1.807) is 18.2 Å². The molecule has 3 aromatic rings. The Hall–Kier alpha value is -1.94. The minimum absolute atomic E-state index is 0.0850. The Morgan fingerprint density at radius 2 is 1.68 bits per heavy atom. The van der Waals surface area contributed by atoms with Crippen LogP contribution in [0.2, 0.25) is 5.02 Å². The van der Waals surface area contributed by atoms with Gasteiger partial charge >= 0.3 is 0 Å². The maximum absolute atomic E-state index is 10.2. The first-order valence-electron chi connectivity index (χ1n) is 11.6. The number of hydrogen-bond donors (Lipinski definition) is 2. The Kier molecular flexibility index (Phi) is 9.94. The average Bonchev–Trinajstić information content (AvgIpc) is 2.79. The summed E-state index contributed by atoms with van der Waals surface area (Å²) in [6.07, 6.45) is 0.712. The summed E-state index contributed by atoms with van der Waals surface area (Å²) in [5.74, 6) is 0.645. The van der Waals surface area contributed by atoms with E-state index in [4.69, 9.17) is 20.6 Å². The largest absolute Gasteiger partial charge is 0.508 e. The molecule has 6 heteroatoms. The van der Waals surface area contributed by atoms with Crippen molar-refractivity contribution in [3.05, 3.63) is 98.6 Å². The van der Waals surface area contributed by atoms with Gasteiger partial charge in [0, 0.05) is 11.4 Å². The smallest absolute Gasteiger partial charge is 0.155 e. The first kappa shape index (κ1) is 26.7. The van der Waals surface area contributed by atoms with Gasteiger partial charge in [-0.25, -0.2) is 0 Å². The monoisotopic (exact) mass is 500 g/mol. The minimum atomic E-state index is -0.605. The molecule has 0 aromatic heterocycles. The molecular weight excluding hydrogens is 467 g/mol. The normalized spacial score (nSPS) is 12.7. The van der Waals surface area contributed by atoms with Crippen LogP contribution >= 0.6 is 20.6 Å². The van der Waals surface area contributed by atoms with E-state index in [9.17, 15) is 10.2 Å². The van der Waals surface area contributed by atoms with Gasteiger partial charge in [0.05, 0.1) is 19.3 Å². The Balaban J connectivity index is 1.48. The highest BCUT2D eigenvalue weighted by Gasteiger charge is 2.11. The lowest BCUT2D eigenvalue weighted by Crippen LogP contribution is -2.01. The van der Waals surface area contributed by atoms with Gasteiger partial charge in [0.1, 0.15) is 5.75 Å². The molecule has 4 nitrogen and oxygen atoms in total. The number of aliphatic hydroxyl groups is 1. The zero-order valence-electron chi connectivity index (χ0n) is 20.3. The summed E-state index contributed by atoms with van der Waals surface area (Å²) in [6.45, 7) is 9.34. The summed E-state index contributed by atoms with van der Waals surface area (Å²) in [5, 5.41) is 21.0. The van der Waals surface area contributed by atoms with E-state index in [-0.39, 0.29) is 15.0 Å². The second kappa shape index (κ2) is 12.7. The lowest BCUT2D eigenvalue weighted by Gasteiger charge is -2.15. The maximum atomic E-state index is 10.2. The fraction of sp³-hybridized carbons (Fsp3) is 0.357. The summed E-state index contributed by atoms with van der Waals surface area (Å²) < 4.78 is 11.3. The molecular formula is C28H34ClO4P. The molecule has 2 unspecified atom stereocenters. The first-order chi connectivity index (χ1) is 16.2. The number of aliphatic hydroxyl groups excluding tert-OH is 1. The van der Waals surface area contributed by atoms with Crippen molar-refractivity contribution in [1.82, 2.24) is 0 Å². The van der Waals surface area contributed by atoms with Crippen LogP contribution in [0, 0.1) is 13.8 Å². The fourth-order valence-corrected chi connectivity index (χ4v) is 4.78. The van der Waals surface area contributed by atoms with E-state index >= 15 is 0 Å². The van der Waals surface area contributed by atoms with Crippen molar-refractivity contribution in [2.75, 3.05) is 6.61 Å². The van der Waals surface area contributed by atoms with Crippen molar-refractivity contribution < 1.29 is 19.3 Å². The number of hydrogen-bond acceptors (Lipinski definition) is 4. The summed E-state index contributed by atoms with van der Waals surface area (Å²) in [4.78, 5) is 0. The lowest BCUT2D eigenvalue weighted by molar-refractivity contribution is 0.139. The molecule has 34 heavy (non-hydrogen) atoms. The number of aryl methyl sites for hydroxylation is 2. The van der Waals surface area contributed by atoms with Crippen molar-refractivity contribution in [3.63, 3.8) is 0 Å². The molecule has 2 atom stereocenters. The third-order valence-electron chi connectivity index (χ3n) is 5.93. The predicted octanol–water partition coefficient (Wildman–Crippen LogP) is 7.54. The van der Waals surface area contributed by atoms with Crippen LogP contribution in [0.5, 0.6) is 5.75 Å². The average molecular weight is 501 g/mol. The predicted molar refractivity (Wildman–Crippen MR) is 141 cm³/mol. The molecule has 0 saturated heterocycles. The minimum Gasteiger partial charge on any atom is -0.508 e. The molecule has 3 rings (SSSR count). The van der Waals surface area contributed by atoms with Gasteiger partial charge in [-0.05, 0) is 83.3 Å². The highest BCUT2D eigenvalue weighted by Crippen LogP contribution is 2.29. The first-order valence-corrected chi connectivity index (χ1v) is 12.8. The Morgan fingerprint density at radius 3 is 2.35 bits per heavy atom. The Morgan fingerprint density at radius 1 is 0.941 bits per heavy atom. The van der Waals surface area contributed by atoms with Gasteiger partial charge in [-0.1, -0.05) is 61.8 Å². The van der Waals surface area contributed by atoms with Crippen molar-refractivity contribution in [2.24, 2.45) is 0 Å². The van der Waals surface area contributed by atoms with Crippen LogP contribution in [0.25, 0.3) is 0 Å². The van der Waals surface area contributed by atoms with E-state index in [1.165, 1.54) is 22.3 Å². The molecule has 0 bridgehead atoms. The highest BCUT2D eigenvalue weighted by atomic mass is 35.5. The zero-order chi connectivity index (χ0) is 24.7. The summed E-state index contributed by atoms with van der Waals surface area (Å²) in [5.41, 5.74) is 7.85. The third kappa shape index (κ3) is 7.53. The molecule has 0 amide bonds. The summed E-state index contributed by atoms with van der Waals surface area (Å²) in [7, 11) is -0.0850. The van der Waals surface area contributed by atoms with Crippen LogP contribution in [0.15, 0.2) is 54.6 Å². The standard InChI is InChI=1S/C28H34ClO4P/c1-18(2)25-14-21(8-9-28(25)31)15-26-19(3)12-22(13-20(26)4)17-33-34-32-11-10-27(30)23-6-5-7-24(29)16-23/h5-9,12-14,16,18,27,30-31,34H,10-11,15,17H2,1-4H3. The van der Waals surface area contributed by atoms with Crippen molar-refractivity contribution in [1.29, 1.82) is 0 Å². The van der Waals surface area contributed by atoms with Crippen LogP contribution in [-0.2, 0) is 22.1 Å². The molecule has 0 aliphatic rings. The number of phenols is 1. The Labute approximate surface area is 209 Å². The molecule has 182 valence electrons. The quantitative estimate of drug-likeness (QED) is 0.211. The van der Waals surface area contributed by atoms with Crippen LogP contribution in [0.1, 0.15) is 71.2 Å². The molecule has 0 aliphatic carbocycles.